The number of rotatable bonds is 6. The summed E-state index contributed by atoms with van der Waals surface area (Å²) in [6, 6.07) is 5.69. The van der Waals surface area contributed by atoms with Crippen LogP contribution in [0.4, 0.5) is 0 Å². The molecule has 2 rings (SSSR count). The van der Waals surface area contributed by atoms with Crippen LogP contribution >= 0.6 is 0 Å². The maximum absolute atomic E-state index is 12.6. The van der Waals surface area contributed by atoms with Crippen molar-refractivity contribution in [3.05, 3.63) is 30.1 Å². The summed E-state index contributed by atoms with van der Waals surface area (Å²) in [4.78, 5) is 18.8. The molecule has 1 aliphatic rings. The zero-order chi connectivity index (χ0) is 14.4. The molecule has 1 aromatic heterocycles. The van der Waals surface area contributed by atoms with E-state index in [1.807, 2.05) is 23.1 Å². The maximum Gasteiger partial charge on any atom is 0.240 e. The van der Waals surface area contributed by atoms with Gasteiger partial charge in [-0.15, -0.1) is 0 Å². The van der Waals surface area contributed by atoms with Crippen molar-refractivity contribution in [3.8, 4) is 0 Å². The van der Waals surface area contributed by atoms with Crippen molar-refractivity contribution in [3.63, 3.8) is 0 Å². The summed E-state index contributed by atoms with van der Waals surface area (Å²) in [5, 5.41) is 3.30. The van der Waals surface area contributed by atoms with Gasteiger partial charge in [-0.25, -0.2) is 0 Å². The number of amides is 1. The number of nitrogens with zero attached hydrogens (tertiary/aromatic N) is 2. The van der Waals surface area contributed by atoms with Crippen molar-refractivity contribution in [1.82, 2.24) is 15.2 Å². The second kappa shape index (κ2) is 7.36. The Kier molecular flexibility index (Phi) is 5.49. The topological polar surface area (TPSA) is 54.5 Å². The van der Waals surface area contributed by atoms with E-state index in [1.54, 1.807) is 13.3 Å². The number of carbonyl (C=O) groups is 1. The molecule has 2 unspecified atom stereocenters. The van der Waals surface area contributed by atoms with Crippen molar-refractivity contribution >= 4 is 5.91 Å². The Bertz CT molecular complexity index is 424. The lowest BCUT2D eigenvalue weighted by molar-refractivity contribution is -0.135. The highest BCUT2D eigenvalue weighted by molar-refractivity contribution is 5.82. The molecule has 0 spiro atoms. The first-order valence-corrected chi connectivity index (χ1v) is 7.13. The van der Waals surface area contributed by atoms with Gasteiger partial charge in [0, 0.05) is 19.9 Å². The molecule has 20 heavy (non-hydrogen) atoms. The molecule has 1 aliphatic heterocycles. The minimum Gasteiger partial charge on any atom is -0.383 e. The van der Waals surface area contributed by atoms with E-state index in [9.17, 15) is 4.79 Å². The van der Waals surface area contributed by atoms with Crippen molar-refractivity contribution in [2.75, 3.05) is 26.8 Å². The molecule has 1 fully saturated rings. The Morgan fingerprint density at radius 2 is 2.40 bits per heavy atom. The molecule has 1 saturated heterocycles. The molecule has 0 bridgehead atoms. The lowest BCUT2D eigenvalue weighted by atomic mass is 10.0. The Labute approximate surface area is 120 Å². The summed E-state index contributed by atoms with van der Waals surface area (Å²) in [5.74, 6) is 0.536. The van der Waals surface area contributed by atoms with Crippen LogP contribution in [-0.4, -0.2) is 48.6 Å². The minimum absolute atomic E-state index is 0.0735. The van der Waals surface area contributed by atoms with Gasteiger partial charge >= 0.3 is 0 Å². The molecule has 1 aromatic rings. The second-order valence-corrected chi connectivity index (χ2v) is 5.27. The summed E-state index contributed by atoms with van der Waals surface area (Å²) in [6.07, 6.45) is 2.81. The normalized spacial score (nSPS) is 21.9. The highest BCUT2D eigenvalue weighted by Gasteiger charge is 2.32. The van der Waals surface area contributed by atoms with Gasteiger partial charge in [-0.2, -0.15) is 0 Å². The quantitative estimate of drug-likeness (QED) is 0.844. The van der Waals surface area contributed by atoms with Crippen LogP contribution in [0.2, 0.25) is 0 Å². The summed E-state index contributed by atoms with van der Waals surface area (Å²) < 4.78 is 5.11. The minimum atomic E-state index is -0.0735. The van der Waals surface area contributed by atoms with Crippen molar-refractivity contribution < 1.29 is 9.53 Å². The van der Waals surface area contributed by atoms with Crippen LogP contribution in [0, 0.1) is 5.92 Å². The zero-order valence-electron chi connectivity index (χ0n) is 12.2. The number of carbonyl (C=O) groups excluding carboxylic acids is 1. The van der Waals surface area contributed by atoms with Gasteiger partial charge in [-0.05, 0) is 31.0 Å². The number of hydrogen-bond donors (Lipinski definition) is 1. The second-order valence-electron chi connectivity index (χ2n) is 5.27. The van der Waals surface area contributed by atoms with Crippen molar-refractivity contribution in [1.29, 1.82) is 0 Å². The number of ether oxygens (including phenoxy) is 1. The number of nitrogens with one attached hydrogen (secondary N) is 1. The van der Waals surface area contributed by atoms with E-state index < -0.39 is 0 Å². The molecule has 0 aliphatic carbocycles. The Hall–Kier alpha value is -1.46. The first kappa shape index (κ1) is 14.9. The fourth-order valence-corrected chi connectivity index (χ4v) is 2.52. The lowest BCUT2D eigenvalue weighted by Crippen LogP contribution is -2.46. The molecular weight excluding hydrogens is 254 g/mol. The van der Waals surface area contributed by atoms with Gasteiger partial charge in [0.1, 0.15) is 0 Å². The van der Waals surface area contributed by atoms with Crippen LogP contribution < -0.4 is 5.32 Å². The first-order chi connectivity index (χ1) is 9.72. The smallest absolute Gasteiger partial charge is 0.240 e. The van der Waals surface area contributed by atoms with E-state index in [0.29, 0.717) is 25.6 Å². The standard InChI is InChI=1S/C15H23N3O2/c1-12-6-8-17-14(12)15(19)18(9-10-20-2)11-13-5-3-4-7-16-13/h3-5,7,12,14,17H,6,8-11H2,1-2H3. The van der Waals surface area contributed by atoms with Gasteiger partial charge in [0.15, 0.2) is 0 Å². The molecule has 0 saturated carbocycles. The molecule has 0 radical (unpaired) electrons. The van der Waals surface area contributed by atoms with Crippen molar-refractivity contribution in [2.24, 2.45) is 5.92 Å². The van der Waals surface area contributed by atoms with E-state index in [0.717, 1.165) is 18.7 Å². The van der Waals surface area contributed by atoms with Crippen LogP contribution in [0.5, 0.6) is 0 Å². The highest BCUT2D eigenvalue weighted by atomic mass is 16.5. The van der Waals surface area contributed by atoms with E-state index in [-0.39, 0.29) is 11.9 Å². The first-order valence-electron chi connectivity index (χ1n) is 7.13. The van der Waals surface area contributed by atoms with Crippen LogP contribution in [0.1, 0.15) is 19.0 Å². The Balaban J connectivity index is 2.04. The predicted molar refractivity (Wildman–Crippen MR) is 77.1 cm³/mol. The molecule has 110 valence electrons. The van der Waals surface area contributed by atoms with E-state index in [2.05, 4.69) is 17.2 Å². The van der Waals surface area contributed by atoms with Gasteiger partial charge in [0.05, 0.1) is 24.9 Å². The summed E-state index contributed by atoms with van der Waals surface area (Å²) in [6.45, 7) is 4.71. The Morgan fingerprint density at radius 1 is 1.55 bits per heavy atom. The van der Waals surface area contributed by atoms with Crippen LogP contribution in [-0.2, 0) is 16.1 Å². The molecular formula is C15H23N3O2. The third-order valence-corrected chi connectivity index (χ3v) is 3.76. The molecule has 2 heterocycles. The number of pyridine rings is 1. The molecule has 2 atom stereocenters. The SMILES string of the molecule is COCCN(Cc1ccccn1)C(=O)C1NCCC1C. The van der Waals surface area contributed by atoms with Gasteiger partial charge in [0.25, 0.3) is 0 Å². The van der Waals surface area contributed by atoms with E-state index in [4.69, 9.17) is 4.74 Å². The molecule has 1 amide bonds. The number of methoxy groups -OCH3 is 1. The summed E-state index contributed by atoms with van der Waals surface area (Å²) >= 11 is 0. The maximum atomic E-state index is 12.6. The number of hydrogen-bond acceptors (Lipinski definition) is 4. The average molecular weight is 277 g/mol. The fourth-order valence-electron chi connectivity index (χ4n) is 2.52. The summed E-state index contributed by atoms with van der Waals surface area (Å²) in [5.41, 5.74) is 0.905. The Morgan fingerprint density at radius 3 is 3.00 bits per heavy atom. The predicted octanol–water partition coefficient (Wildman–Crippen LogP) is 1.05. The van der Waals surface area contributed by atoms with Crippen LogP contribution in [0.3, 0.4) is 0 Å². The van der Waals surface area contributed by atoms with E-state index >= 15 is 0 Å². The monoisotopic (exact) mass is 277 g/mol. The fraction of sp³-hybridized carbons (Fsp3) is 0.600. The van der Waals surface area contributed by atoms with Gasteiger partial charge in [-0.1, -0.05) is 13.0 Å². The molecule has 5 heteroatoms. The van der Waals surface area contributed by atoms with E-state index in [1.165, 1.54) is 0 Å². The van der Waals surface area contributed by atoms with Crippen LogP contribution in [0.15, 0.2) is 24.4 Å². The largest absolute Gasteiger partial charge is 0.383 e. The van der Waals surface area contributed by atoms with Gasteiger partial charge < -0.3 is 15.0 Å². The summed E-state index contributed by atoms with van der Waals surface area (Å²) in [7, 11) is 1.65. The van der Waals surface area contributed by atoms with Crippen LogP contribution in [0.25, 0.3) is 0 Å². The highest BCUT2D eigenvalue weighted by Crippen LogP contribution is 2.17. The number of aromatic nitrogens is 1. The third-order valence-electron chi connectivity index (χ3n) is 3.76. The molecule has 0 aromatic carbocycles. The van der Waals surface area contributed by atoms with Gasteiger partial charge in [0.2, 0.25) is 5.91 Å². The van der Waals surface area contributed by atoms with Crippen molar-refractivity contribution in [2.45, 2.75) is 25.9 Å². The third kappa shape index (κ3) is 3.77. The van der Waals surface area contributed by atoms with Gasteiger partial charge in [-0.3, -0.25) is 9.78 Å². The molecule has 5 nitrogen and oxygen atoms in total. The lowest BCUT2D eigenvalue weighted by Gasteiger charge is -2.27. The zero-order valence-corrected chi connectivity index (χ0v) is 12.2. The molecule has 1 N–H and O–H groups in total. The average Bonchev–Trinajstić information content (AvgIpc) is 2.90.